The van der Waals surface area contributed by atoms with Gasteiger partial charge in [-0.2, -0.15) is 0 Å². The molecule has 0 aliphatic carbocycles. The number of rotatable bonds is 6. The SMILES string of the molecule is CN=C(NCCC(=O)N1CCCCC1C)NC1CC(C)N(Cc2ccccc2)C1.I. The van der Waals surface area contributed by atoms with E-state index in [9.17, 15) is 4.79 Å². The first-order chi connectivity index (χ1) is 14.1. The number of hydrogen-bond donors (Lipinski definition) is 2. The number of piperidine rings is 1. The van der Waals surface area contributed by atoms with Crippen molar-refractivity contribution in [1.29, 1.82) is 0 Å². The van der Waals surface area contributed by atoms with Gasteiger partial charge in [0.15, 0.2) is 5.96 Å². The van der Waals surface area contributed by atoms with Crippen molar-refractivity contribution in [3.05, 3.63) is 35.9 Å². The van der Waals surface area contributed by atoms with Crippen LogP contribution in [0.5, 0.6) is 0 Å². The van der Waals surface area contributed by atoms with E-state index >= 15 is 0 Å². The maximum atomic E-state index is 12.5. The van der Waals surface area contributed by atoms with Gasteiger partial charge in [0.2, 0.25) is 5.91 Å². The number of hydrogen-bond acceptors (Lipinski definition) is 3. The van der Waals surface area contributed by atoms with Gasteiger partial charge in [0.1, 0.15) is 0 Å². The fraction of sp³-hybridized carbons (Fsp3) is 0.652. The smallest absolute Gasteiger partial charge is 0.224 e. The third-order valence-corrected chi connectivity index (χ3v) is 6.25. The van der Waals surface area contributed by atoms with E-state index in [0.29, 0.717) is 31.1 Å². The van der Waals surface area contributed by atoms with Crippen molar-refractivity contribution < 1.29 is 4.79 Å². The number of benzene rings is 1. The Kier molecular flexibility index (Phi) is 10.4. The van der Waals surface area contributed by atoms with Gasteiger partial charge in [-0.05, 0) is 45.1 Å². The number of aliphatic imine (C=N–C) groups is 1. The second kappa shape index (κ2) is 12.5. The molecule has 2 saturated heterocycles. The summed E-state index contributed by atoms with van der Waals surface area (Å²) in [7, 11) is 1.80. The van der Waals surface area contributed by atoms with Crippen molar-refractivity contribution >= 4 is 35.8 Å². The number of carbonyl (C=O) groups is 1. The highest BCUT2D eigenvalue weighted by atomic mass is 127. The lowest BCUT2D eigenvalue weighted by atomic mass is 10.0. The molecular weight excluding hydrogens is 489 g/mol. The molecule has 6 nitrogen and oxygen atoms in total. The molecule has 2 fully saturated rings. The minimum Gasteiger partial charge on any atom is -0.356 e. The lowest BCUT2D eigenvalue weighted by molar-refractivity contribution is -0.134. The van der Waals surface area contributed by atoms with Crippen LogP contribution in [0.3, 0.4) is 0 Å². The molecule has 0 aromatic heterocycles. The number of halogens is 1. The van der Waals surface area contributed by atoms with Crippen LogP contribution in [0, 0.1) is 0 Å². The topological polar surface area (TPSA) is 60.0 Å². The number of likely N-dealkylation sites (tertiary alicyclic amines) is 2. The number of nitrogens with zero attached hydrogens (tertiary/aromatic N) is 3. The fourth-order valence-corrected chi connectivity index (χ4v) is 4.53. The van der Waals surface area contributed by atoms with Gasteiger partial charge in [-0.25, -0.2) is 0 Å². The Bertz CT molecular complexity index is 683. The van der Waals surface area contributed by atoms with Crippen molar-refractivity contribution in [2.24, 2.45) is 4.99 Å². The zero-order valence-electron chi connectivity index (χ0n) is 18.6. The summed E-state index contributed by atoms with van der Waals surface area (Å²) in [5.41, 5.74) is 1.35. The Morgan fingerprint density at radius 3 is 2.63 bits per heavy atom. The van der Waals surface area contributed by atoms with Crippen molar-refractivity contribution in [3.8, 4) is 0 Å². The standard InChI is InChI=1S/C23H37N5O.HI/c1-18-9-7-8-14-28(18)22(29)12-13-25-23(24-3)26-21-15-19(2)27(17-21)16-20-10-5-4-6-11-20;/h4-6,10-11,18-19,21H,7-9,12-17H2,1-3H3,(H2,24,25,26);1H. The Hall–Kier alpha value is -1.35. The number of carbonyl (C=O) groups excluding carboxylic acids is 1. The van der Waals surface area contributed by atoms with Crippen molar-refractivity contribution in [2.45, 2.75) is 70.6 Å². The predicted molar refractivity (Wildman–Crippen MR) is 134 cm³/mol. The first kappa shape index (κ1) is 24.9. The summed E-state index contributed by atoms with van der Waals surface area (Å²) >= 11 is 0. The van der Waals surface area contributed by atoms with Crippen LogP contribution in [0.1, 0.15) is 51.5 Å². The maximum absolute atomic E-state index is 12.5. The molecule has 30 heavy (non-hydrogen) atoms. The molecule has 2 aliphatic rings. The second-order valence-corrected chi connectivity index (χ2v) is 8.52. The zero-order valence-corrected chi connectivity index (χ0v) is 21.0. The second-order valence-electron chi connectivity index (χ2n) is 8.52. The average Bonchev–Trinajstić information content (AvgIpc) is 3.07. The third-order valence-electron chi connectivity index (χ3n) is 6.25. The lowest BCUT2D eigenvalue weighted by Crippen LogP contribution is -2.46. The molecule has 2 N–H and O–H groups in total. The molecule has 0 saturated carbocycles. The van der Waals surface area contributed by atoms with Crippen molar-refractivity contribution in [3.63, 3.8) is 0 Å². The molecule has 2 aliphatic heterocycles. The highest BCUT2D eigenvalue weighted by Crippen LogP contribution is 2.20. The molecule has 3 rings (SSSR count). The minimum atomic E-state index is 0. The van der Waals surface area contributed by atoms with Crippen LogP contribution in [-0.4, -0.2) is 66.5 Å². The molecule has 0 radical (unpaired) electrons. The first-order valence-corrected chi connectivity index (χ1v) is 11.1. The van der Waals surface area contributed by atoms with Crippen LogP contribution in [0.2, 0.25) is 0 Å². The summed E-state index contributed by atoms with van der Waals surface area (Å²) in [5.74, 6) is 1.05. The summed E-state index contributed by atoms with van der Waals surface area (Å²) in [6, 6.07) is 11.9. The Morgan fingerprint density at radius 1 is 1.17 bits per heavy atom. The van der Waals surface area contributed by atoms with Gasteiger partial charge < -0.3 is 15.5 Å². The van der Waals surface area contributed by atoms with Gasteiger partial charge in [-0.3, -0.25) is 14.7 Å². The summed E-state index contributed by atoms with van der Waals surface area (Å²) in [5, 5.41) is 6.88. The highest BCUT2D eigenvalue weighted by molar-refractivity contribution is 14.0. The molecule has 1 aromatic carbocycles. The molecule has 3 atom stereocenters. The van der Waals surface area contributed by atoms with E-state index in [1.54, 1.807) is 7.05 Å². The van der Waals surface area contributed by atoms with E-state index in [1.807, 2.05) is 4.90 Å². The number of nitrogens with one attached hydrogen (secondary N) is 2. The van der Waals surface area contributed by atoms with E-state index in [0.717, 1.165) is 44.9 Å². The molecule has 1 aromatic rings. The Balaban J connectivity index is 0.00000320. The summed E-state index contributed by atoms with van der Waals surface area (Å²) < 4.78 is 0. The van der Waals surface area contributed by atoms with Gasteiger partial charge in [0, 0.05) is 57.8 Å². The molecular formula is C23H38IN5O. The number of amides is 1. The largest absolute Gasteiger partial charge is 0.356 e. The van der Waals surface area contributed by atoms with E-state index in [-0.39, 0.29) is 29.9 Å². The van der Waals surface area contributed by atoms with Crippen LogP contribution < -0.4 is 10.6 Å². The molecule has 0 bridgehead atoms. The van der Waals surface area contributed by atoms with E-state index in [1.165, 1.54) is 12.0 Å². The normalized spacial score (nSPS) is 25.0. The van der Waals surface area contributed by atoms with Crippen LogP contribution in [0.15, 0.2) is 35.3 Å². The van der Waals surface area contributed by atoms with E-state index in [2.05, 4.69) is 64.7 Å². The van der Waals surface area contributed by atoms with Gasteiger partial charge >= 0.3 is 0 Å². The molecule has 168 valence electrons. The molecule has 7 heteroatoms. The molecule has 2 heterocycles. The molecule has 3 unspecified atom stereocenters. The fourth-order valence-electron chi connectivity index (χ4n) is 4.53. The quantitative estimate of drug-likeness (QED) is 0.339. The third kappa shape index (κ3) is 7.11. The van der Waals surface area contributed by atoms with Gasteiger partial charge in [0.05, 0.1) is 0 Å². The van der Waals surface area contributed by atoms with Gasteiger partial charge in [0.25, 0.3) is 0 Å². The summed E-state index contributed by atoms with van der Waals surface area (Å²) in [4.78, 5) is 21.4. The minimum absolute atomic E-state index is 0. The predicted octanol–water partition coefficient (Wildman–Crippen LogP) is 3.22. The summed E-state index contributed by atoms with van der Waals surface area (Å²) in [6.07, 6.45) is 5.11. The van der Waals surface area contributed by atoms with E-state index < -0.39 is 0 Å². The van der Waals surface area contributed by atoms with Crippen LogP contribution in [0.4, 0.5) is 0 Å². The molecule has 0 spiro atoms. The molecule has 1 amide bonds. The zero-order chi connectivity index (χ0) is 20.6. The monoisotopic (exact) mass is 527 g/mol. The van der Waals surface area contributed by atoms with E-state index in [4.69, 9.17) is 0 Å². The van der Waals surface area contributed by atoms with Crippen molar-refractivity contribution in [2.75, 3.05) is 26.7 Å². The van der Waals surface area contributed by atoms with Crippen molar-refractivity contribution in [1.82, 2.24) is 20.4 Å². The highest BCUT2D eigenvalue weighted by Gasteiger charge is 2.29. The average molecular weight is 527 g/mol. The Morgan fingerprint density at radius 2 is 1.93 bits per heavy atom. The number of guanidine groups is 1. The van der Waals surface area contributed by atoms with Gasteiger partial charge in [-0.1, -0.05) is 30.3 Å². The first-order valence-electron chi connectivity index (χ1n) is 11.1. The van der Waals surface area contributed by atoms with Crippen LogP contribution in [-0.2, 0) is 11.3 Å². The van der Waals surface area contributed by atoms with Crippen LogP contribution >= 0.6 is 24.0 Å². The Labute approximate surface area is 198 Å². The van der Waals surface area contributed by atoms with Gasteiger partial charge in [-0.15, -0.1) is 24.0 Å². The summed E-state index contributed by atoms with van der Waals surface area (Å²) in [6.45, 7) is 7.96. The lowest BCUT2D eigenvalue weighted by Gasteiger charge is -2.33. The maximum Gasteiger partial charge on any atom is 0.224 e. The van der Waals surface area contributed by atoms with Crippen LogP contribution in [0.25, 0.3) is 0 Å².